The summed E-state index contributed by atoms with van der Waals surface area (Å²) in [5.41, 5.74) is 1.62. The van der Waals surface area contributed by atoms with Gasteiger partial charge in [-0.25, -0.2) is 17.8 Å². The van der Waals surface area contributed by atoms with Gasteiger partial charge in [0.15, 0.2) is 4.96 Å². The van der Waals surface area contributed by atoms with E-state index in [1.807, 2.05) is 24.4 Å². The highest BCUT2D eigenvalue weighted by atomic mass is 32.2. The first-order valence-corrected chi connectivity index (χ1v) is 10.5. The van der Waals surface area contributed by atoms with Gasteiger partial charge >= 0.3 is 0 Å². The van der Waals surface area contributed by atoms with Gasteiger partial charge < -0.3 is 5.32 Å². The molecule has 0 aliphatic rings. The van der Waals surface area contributed by atoms with Crippen LogP contribution in [-0.2, 0) is 14.8 Å². The first kappa shape index (κ1) is 19.1. The van der Waals surface area contributed by atoms with E-state index in [-0.39, 0.29) is 11.4 Å². The topological polar surface area (TPSA) is 92.6 Å². The van der Waals surface area contributed by atoms with Gasteiger partial charge in [-0.05, 0) is 38.1 Å². The number of aromatic nitrogens is 2. The molecular formula is C17H17FN4O3S2. The quantitative estimate of drug-likeness (QED) is 0.634. The van der Waals surface area contributed by atoms with Gasteiger partial charge in [0, 0.05) is 22.8 Å². The highest BCUT2D eigenvalue weighted by Gasteiger charge is 2.11. The fourth-order valence-corrected chi connectivity index (χ4v) is 3.94. The van der Waals surface area contributed by atoms with Gasteiger partial charge in [0.25, 0.3) is 0 Å². The van der Waals surface area contributed by atoms with Crippen LogP contribution in [0.1, 0.15) is 16.3 Å². The van der Waals surface area contributed by atoms with Gasteiger partial charge in [-0.1, -0.05) is 0 Å². The van der Waals surface area contributed by atoms with Gasteiger partial charge in [-0.3, -0.25) is 13.9 Å². The number of benzene rings is 1. The van der Waals surface area contributed by atoms with E-state index in [4.69, 9.17) is 0 Å². The Morgan fingerprint density at radius 3 is 2.78 bits per heavy atom. The molecule has 0 unspecified atom stereocenters. The lowest BCUT2D eigenvalue weighted by atomic mass is 10.2. The summed E-state index contributed by atoms with van der Waals surface area (Å²) in [5, 5.41) is 2.58. The van der Waals surface area contributed by atoms with Crippen LogP contribution in [0.5, 0.6) is 0 Å². The molecule has 2 aromatic heterocycles. The zero-order chi connectivity index (χ0) is 19.8. The lowest BCUT2D eigenvalue weighted by molar-refractivity contribution is -0.111. The second-order valence-corrected chi connectivity index (χ2v) is 8.93. The smallest absolute Gasteiger partial charge is 0.248 e. The fourth-order valence-electron chi connectivity index (χ4n) is 2.50. The summed E-state index contributed by atoms with van der Waals surface area (Å²) < 4.78 is 40.2. The summed E-state index contributed by atoms with van der Waals surface area (Å²) in [6.45, 7) is 3.83. The maximum Gasteiger partial charge on any atom is 0.248 e. The van der Waals surface area contributed by atoms with E-state index in [0.717, 1.165) is 33.5 Å². The van der Waals surface area contributed by atoms with Crippen LogP contribution in [0.2, 0.25) is 0 Å². The van der Waals surface area contributed by atoms with E-state index in [1.54, 1.807) is 17.4 Å². The first-order valence-electron chi connectivity index (χ1n) is 7.84. The van der Waals surface area contributed by atoms with E-state index in [0.29, 0.717) is 0 Å². The molecule has 1 amide bonds. The number of sulfonamides is 1. The number of imidazole rings is 1. The molecule has 0 radical (unpaired) electrons. The van der Waals surface area contributed by atoms with Crippen LogP contribution in [-0.4, -0.2) is 30.0 Å². The molecule has 0 aliphatic carbocycles. The van der Waals surface area contributed by atoms with Gasteiger partial charge in [0.05, 0.1) is 23.3 Å². The maximum atomic E-state index is 13.7. The Morgan fingerprint density at radius 1 is 1.33 bits per heavy atom. The van der Waals surface area contributed by atoms with Crippen molar-refractivity contribution in [2.45, 2.75) is 13.8 Å². The summed E-state index contributed by atoms with van der Waals surface area (Å²) in [5.74, 6) is -1.17. The third-order valence-electron chi connectivity index (χ3n) is 3.58. The number of nitrogens with zero attached hydrogens (tertiary/aromatic N) is 2. The molecule has 0 saturated carbocycles. The number of hydrogen-bond donors (Lipinski definition) is 2. The van der Waals surface area contributed by atoms with Crippen LogP contribution >= 0.6 is 11.3 Å². The number of aryl methyl sites for hydroxylation is 2. The molecule has 0 aliphatic heterocycles. The predicted molar refractivity (Wildman–Crippen MR) is 105 cm³/mol. The normalized spacial score (nSPS) is 12.0. The van der Waals surface area contributed by atoms with Gasteiger partial charge in [-0.15, -0.1) is 11.3 Å². The fraction of sp³-hybridized carbons (Fsp3) is 0.176. The zero-order valence-electron chi connectivity index (χ0n) is 14.8. The monoisotopic (exact) mass is 408 g/mol. The van der Waals surface area contributed by atoms with Crippen molar-refractivity contribution in [3.8, 4) is 0 Å². The van der Waals surface area contributed by atoms with E-state index < -0.39 is 21.7 Å². The summed E-state index contributed by atoms with van der Waals surface area (Å²) >= 11 is 1.56. The Kier molecular flexibility index (Phi) is 5.03. The number of hydrogen-bond acceptors (Lipinski definition) is 5. The Labute approximate surface area is 159 Å². The van der Waals surface area contributed by atoms with Crippen LogP contribution in [0, 0.1) is 19.7 Å². The van der Waals surface area contributed by atoms with Crippen molar-refractivity contribution in [1.82, 2.24) is 9.38 Å². The van der Waals surface area contributed by atoms with Gasteiger partial charge in [0.1, 0.15) is 5.82 Å². The second kappa shape index (κ2) is 7.12. The number of fused-ring (bicyclic) bond motifs is 1. The minimum absolute atomic E-state index is 0.235. The summed E-state index contributed by atoms with van der Waals surface area (Å²) in [7, 11) is -3.63. The number of rotatable bonds is 5. The zero-order valence-corrected chi connectivity index (χ0v) is 16.4. The molecule has 1 aromatic carbocycles. The van der Waals surface area contributed by atoms with Crippen molar-refractivity contribution < 1.29 is 17.6 Å². The number of carbonyl (C=O) groups is 1. The van der Waals surface area contributed by atoms with Crippen molar-refractivity contribution >= 4 is 49.7 Å². The maximum absolute atomic E-state index is 13.7. The lowest BCUT2D eigenvalue weighted by Crippen LogP contribution is -2.12. The molecule has 0 spiro atoms. The molecule has 10 heteroatoms. The highest BCUT2D eigenvalue weighted by Crippen LogP contribution is 2.22. The molecule has 2 N–H and O–H groups in total. The number of thiazole rings is 1. The summed E-state index contributed by atoms with van der Waals surface area (Å²) in [6.07, 6.45) is 5.86. The van der Waals surface area contributed by atoms with Gasteiger partial charge in [-0.2, -0.15) is 0 Å². The van der Waals surface area contributed by atoms with Crippen molar-refractivity contribution in [3.05, 3.63) is 52.6 Å². The number of carbonyl (C=O) groups excluding carboxylic acids is 1. The number of amides is 1. The molecule has 142 valence electrons. The molecule has 27 heavy (non-hydrogen) atoms. The third kappa shape index (κ3) is 4.52. The molecule has 0 bridgehead atoms. The average Bonchev–Trinajstić information content (AvgIpc) is 3.02. The third-order valence-corrected chi connectivity index (χ3v) is 5.07. The molecular weight excluding hydrogens is 391 g/mol. The Balaban J connectivity index is 1.78. The van der Waals surface area contributed by atoms with Crippen molar-refractivity contribution in [2.24, 2.45) is 0 Å². The van der Waals surface area contributed by atoms with Crippen molar-refractivity contribution in [3.63, 3.8) is 0 Å². The minimum atomic E-state index is -3.63. The first-order chi connectivity index (χ1) is 12.6. The Hall–Kier alpha value is -2.72. The highest BCUT2D eigenvalue weighted by molar-refractivity contribution is 7.92. The molecule has 0 saturated heterocycles. The predicted octanol–water partition coefficient (Wildman–Crippen LogP) is 3.18. The number of halogens is 1. The molecule has 2 heterocycles. The molecule has 0 fully saturated rings. The van der Waals surface area contributed by atoms with Gasteiger partial charge in [0.2, 0.25) is 15.9 Å². The van der Waals surface area contributed by atoms with E-state index in [1.165, 1.54) is 18.2 Å². The lowest BCUT2D eigenvalue weighted by Gasteiger charge is -2.08. The standard InChI is InChI=1S/C17H17FN4O3S2/c1-10-9-22-15(11(2)19-17(22)26-10)6-7-16(23)20-12-4-5-13(18)14(8-12)21-27(3,24)25/h4-9,21H,1-3H3,(H,20,23)/b7-6+. The van der Waals surface area contributed by atoms with E-state index in [9.17, 15) is 17.6 Å². The number of anilines is 2. The molecule has 3 aromatic rings. The SMILES string of the molecule is Cc1cn2c(/C=C/C(=O)Nc3ccc(F)c(NS(C)(=O)=O)c3)c(C)nc2s1. The second-order valence-electron chi connectivity index (χ2n) is 5.97. The van der Waals surface area contributed by atoms with Crippen molar-refractivity contribution in [1.29, 1.82) is 0 Å². The number of nitrogens with one attached hydrogen (secondary N) is 2. The molecule has 7 nitrogen and oxygen atoms in total. The van der Waals surface area contributed by atoms with Crippen LogP contribution in [0.15, 0.2) is 30.5 Å². The summed E-state index contributed by atoms with van der Waals surface area (Å²) in [6, 6.07) is 3.64. The van der Waals surface area contributed by atoms with E-state index in [2.05, 4.69) is 15.0 Å². The minimum Gasteiger partial charge on any atom is -0.322 e. The van der Waals surface area contributed by atoms with E-state index >= 15 is 0 Å². The molecule has 0 atom stereocenters. The van der Waals surface area contributed by atoms with Crippen LogP contribution in [0.4, 0.5) is 15.8 Å². The van der Waals surface area contributed by atoms with Crippen LogP contribution in [0.25, 0.3) is 11.0 Å². The average molecular weight is 408 g/mol. The largest absolute Gasteiger partial charge is 0.322 e. The van der Waals surface area contributed by atoms with Crippen molar-refractivity contribution in [2.75, 3.05) is 16.3 Å². The molecule has 3 rings (SSSR count). The Morgan fingerprint density at radius 2 is 2.07 bits per heavy atom. The van der Waals surface area contributed by atoms with Crippen LogP contribution < -0.4 is 10.0 Å². The van der Waals surface area contributed by atoms with Crippen LogP contribution in [0.3, 0.4) is 0 Å². The Bertz CT molecular complexity index is 1160. The summed E-state index contributed by atoms with van der Waals surface area (Å²) in [4.78, 5) is 18.6.